The van der Waals surface area contributed by atoms with Crippen LogP contribution >= 0.6 is 0 Å². The third-order valence-electron chi connectivity index (χ3n) is 4.38. The number of aliphatic hydroxyl groups excluding tert-OH is 1. The topological polar surface area (TPSA) is 63.5 Å². The molecule has 1 atom stereocenters. The van der Waals surface area contributed by atoms with E-state index in [4.69, 9.17) is 4.74 Å². The Balaban J connectivity index is 1.97. The Labute approximate surface area is 148 Å². The van der Waals surface area contributed by atoms with Crippen molar-refractivity contribution in [2.24, 2.45) is 0 Å². The molecule has 0 saturated carbocycles. The summed E-state index contributed by atoms with van der Waals surface area (Å²) in [5.41, 5.74) is 3.76. The van der Waals surface area contributed by atoms with Gasteiger partial charge in [-0.2, -0.15) is 0 Å². The van der Waals surface area contributed by atoms with Crippen molar-refractivity contribution in [3.8, 4) is 0 Å². The molecule has 0 radical (unpaired) electrons. The van der Waals surface area contributed by atoms with Crippen molar-refractivity contribution in [1.82, 2.24) is 4.57 Å². The van der Waals surface area contributed by atoms with Crippen LogP contribution in [-0.4, -0.2) is 35.4 Å². The minimum Gasteiger partial charge on any atom is -0.389 e. The first-order valence-electron chi connectivity index (χ1n) is 8.61. The molecule has 5 heteroatoms. The highest BCUT2D eigenvalue weighted by molar-refractivity contribution is 6.07. The molecule has 1 aliphatic carbocycles. The molecule has 1 aromatic heterocycles. The number of carbonyl (C=O) groups is 1. The van der Waals surface area contributed by atoms with Crippen LogP contribution in [-0.2, 0) is 21.5 Å². The highest BCUT2D eigenvalue weighted by Gasteiger charge is 2.23. The summed E-state index contributed by atoms with van der Waals surface area (Å²) < 4.78 is 7.21. The molecule has 1 aliphatic rings. The number of ether oxygens (including phenoxy) is 1. The van der Waals surface area contributed by atoms with E-state index in [2.05, 4.69) is 36.7 Å². The fourth-order valence-electron chi connectivity index (χ4n) is 3.07. The predicted octanol–water partition coefficient (Wildman–Crippen LogP) is 3.21. The van der Waals surface area contributed by atoms with Gasteiger partial charge in [-0.15, -0.1) is 0 Å². The number of methoxy groups -OCH3 is 1. The van der Waals surface area contributed by atoms with Crippen LogP contribution in [0, 0.1) is 0 Å². The van der Waals surface area contributed by atoms with Crippen LogP contribution < -0.4 is 5.32 Å². The molecule has 0 bridgehead atoms. The summed E-state index contributed by atoms with van der Waals surface area (Å²) in [6, 6.07) is 8.04. The van der Waals surface area contributed by atoms with Crippen LogP contribution in [0.25, 0.3) is 10.9 Å². The van der Waals surface area contributed by atoms with Crippen molar-refractivity contribution in [3.63, 3.8) is 0 Å². The Hall–Kier alpha value is -2.11. The van der Waals surface area contributed by atoms with Gasteiger partial charge in [-0.3, -0.25) is 4.79 Å². The molecule has 0 spiro atoms. The zero-order chi connectivity index (χ0) is 18.2. The Bertz CT molecular complexity index is 827. The molecule has 1 amide bonds. The Morgan fingerprint density at radius 1 is 1.36 bits per heavy atom. The van der Waals surface area contributed by atoms with E-state index in [1.54, 1.807) is 7.11 Å². The minimum atomic E-state index is -0.567. The van der Waals surface area contributed by atoms with Crippen LogP contribution in [0.5, 0.6) is 0 Å². The van der Waals surface area contributed by atoms with Crippen LogP contribution in [0.4, 0.5) is 5.69 Å². The molecule has 0 fully saturated rings. The molecule has 0 aliphatic heterocycles. The fraction of sp³-hybridized carbons (Fsp3) is 0.450. The second-order valence-electron chi connectivity index (χ2n) is 7.66. The first-order chi connectivity index (χ1) is 11.8. The summed E-state index contributed by atoms with van der Waals surface area (Å²) >= 11 is 0. The fourth-order valence-corrected chi connectivity index (χ4v) is 3.07. The molecule has 2 aromatic rings. The molecular formula is C20H26N2O3. The molecule has 1 aromatic carbocycles. The normalized spacial score (nSPS) is 15.2. The van der Waals surface area contributed by atoms with Crippen molar-refractivity contribution in [2.45, 2.75) is 45.3 Å². The average Bonchev–Trinajstić information content (AvgIpc) is 3.30. The summed E-state index contributed by atoms with van der Waals surface area (Å²) in [5, 5.41) is 14.2. The van der Waals surface area contributed by atoms with Gasteiger partial charge in [-0.1, -0.05) is 26.8 Å². The zero-order valence-corrected chi connectivity index (χ0v) is 15.3. The zero-order valence-electron chi connectivity index (χ0n) is 15.3. The average molecular weight is 342 g/mol. The van der Waals surface area contributed by atoms with Gasteiger partial charge in [0.2, 0.25) is 0 Å². The number of fused-ring (bicyclic) bond motifs is 1. The SMILES string of the molecule is COCC(O)Cn1c(C(C)(C)C)cc2cc(NC(=O)C3=CC3)ccc21. The lowest BCUT2D eigenvalue weighted by Crippen LogP contribution is -2.25. The van der Waals surface area contributed by atoms with E-state index in [9.17, 15) is 9.90 Å². The number of aliphatic hydroxyl groups is 1. The predicted molar refractivity (Wildman–Crippen MR) is 99.9 cm³/mol. The van der Waals surface area contributed by atoms with Gasteiger partial charge in [0.15, 0.2) is 0 Å². The number of aromatic nitrogens is 1. The summed E-state index contributed by atoms with van der Waals surface area (Å²) in [6.45, 7) is 7.24. The van der Waals surface area contributed by atoms with Crippen molar-refractivity contribution in [2.75, 3.05) is 19.0 Å². The number of benzene rings is 1. The lowest BCUT2D eigenvalue weighted by atomic mass is 9.92. The van der Waals surface area contributed by atoms with Gasteiger partial charge in [0.25, 0.3) is 5.91 Å². The number of anilines is 1. The first-order valence-corrected chi connectivity index (χ1v) is 8.61. The Morgan fingerprint density at radius 2 is 2.08 bits per heavy atom. The van der Waals surface area contributed by atoms with Crippen LogP contribution in [0.1, 0.15) is 32.9 Å². The van der Waals surface area contributed by atoms with Crippen molar-refractivity contribution < 1.29 is 14.6 Å². The van der Waals surface area contributed by atoms with Gasteiger partial charge >= 0.3 is 0 Å². The third kappa shape index (κ3) is 3.94. The van der Waals surface area contributed by atoms with E-state index in [1.165, 1.54) is 0 Å². The van der Waals surface area contributed by atoms with Crippen LogP contribution in [0.2, 0.25) is 0 Å². The number of nitrogens with zero attached hydrogens (tertiary/aromatic N) is 1. The number of hydrogen-bond donors (Lipinski definition) is 2. The molecule has 2 N–H and O–H groups in total. The number of hydrogen-bond acceptors (Lipinski definition) is 3. The maximum Gasteiger partial charge on any atom is 0.251 e. The van der Waals surface area contributed by atoms with E-state index in [0.29, 0.717) is 13.2 Å². The maximum absolute atomic E-state index is 11.9. The first kappa shape index (κ1) is 17.7. The Kier molecular flexibility index (Phi) is 4.71. The number of amides is 1. The summed E-state index contributed by atoms with van der Waals surface area (Å²) in [7, 11) is 1.59. The van der Waals surface area contributed by atoms with Gasteiger partial charge in [-0.25, -0.2) is 0 Å². The number of carbonyl (C=O) groups excluding carboxylic acids is 1. The standard InChI is InChI=1S/C20H26N2O3/c1-20(2,3)18-10-14-9-15(21-19(24)13-5-6-13)7-8-17(14)22(18)11-16(23)12-25-4/h5,7-10,16,23H,6,11-12H2,1-4H3,(H,21,24). The molecule has 25 heavy (non-hydrogen) atoms. The van der Waals surface area contributed by atoms with Gasteiger partial charge in [0.05, 0.1) is 19.3 Å². The monoisotopic (exact) mass is 342 g/mol. The van der Waals surface area contributed by atoms with E-state index in [-0.39, 0.29) is 11.3 Å². The lowest BCUT2D eigenvalue weighted by molar-refractivity contribution is -0.112. The second-order valence-corrected chi connectivity index (χ2v) is 7.66. The van der Waals surface area contributed by atoms with Gasteiger partial charge in [0.1, 0.15) is 0 Å². The van der Waals surface area contributed by atoms with Gasteiger partial charge in [0, 0.05) is 40.4 Å². The van der Waals surface area contributed by atoms with Crippen LogP contribution in [0.3, 0.4) is 0 Å². The van der Waals surface area contributed by atoms with Gasteiger partial charge in [-0.05, 0) is 30.7 Å². The maximum atomic E-state index is 11.9. The van der Waals surface area contributed by atoms with Crippen molar-refractivity contribution in [1.29, 1.82) is 0 Å². The number of rotatable bonds is 6. The third-order valence-corrected chi connectivity index (χ3v) is 4.38. The van der Waals surface area contributed by atoms with E-state index >= 15 is 0 Å². The molecular weight excluding hydrogens is 316 g/mol. The lowest BCUT2D eigenvalue weighted by Gasteiger charge is -2.23. The Morgan fingerprint density at radius 3 is 2.68 bits per heavy atom. The smallest absolute Gasteiger partial charge is 0.251 e. The highest BCUT2D eigenvalue weighted by Crippen LogP contribution is 2.31. The second kappa shape index (κ2) is 6.65. The minimum absolute atomic E-state index is 0.0228. The quantitative estimate of drug-likeness (QED) is 0.847. The summed E-state index contributed by atoms with van der Waals surface area (Å²) in [4.78, 5) is 11.9. The van der Waals surface area contributed by atoms with Gasteiger partial charge < -0.3 is 19.7 Å². The molecule has 5 nitrogen and oxygen atoms in total. The summed E-state index contributed by atoms with van der Waals surface area (Å²) in [6.07, 6.45) is 2.14. The van der Waals surface area contributed by atoms with Crippen LogP contribution in [0.15, 0.2) is 35.9 Å². The highest BCUT2D eigenvalue weighted by atomic mass is 16.5. The van der Waals surface area contributed by atoms with Crippen molar-refractivity contribution >= 4 is 22.5 Å². The molecule has 1 unspecified atom stereocenters. The van der Waals surface area contributed by atoms with E-state index in [0.717, 1.165) is 34.3 Å². The molecule has 3 rings (SSSR count). The molecule has 0 saturated heterocycles. The molecule has 1 heterocycles. The molecule has 134 valence electrons. The number of nitrogens with one attached hydrogen (secondary N) is 1. The summed E-state index contributed by atoms with van der Waals surface area (Å²) in [5.74, 6) is -0.0228. The largest absolute Gasteiger partial charge is 0.389 e. The van der Waals surface area contributed by atoms with E-state index in [1.807, 2.05) is 24.3 Å². The van der Waals surface area contributed by atoms with Crippen molar-refractivity contribution in [3.05, 3.63) is 41.6 Å². The van der Waals surface area contributed by atoms with E-state index < -0.39 is 6.10 Å². The number of allylic oxidation sites excluding steroid dienone is 1.